The maximum absolute atomic E-state index is 6.08. The highest BCUT2D eigenvalue weighted by Crippen LogP contribution is 2.29. The molecule has 1 aliphatic carbocycles. The fourth-order valence-corrected chi connectivity index (χ4v) is 3.02. The van der Waals surface area contributed by atoms with E-state index in [-0.39, 0.29) is 5.54 Å². The maximum atomic E-state index is 6.08. The minimum atomic E-state index is 0.272. The van der Waals surface area contributed by atoms with Gasteiger partial charge >= 0.3 is 0 Å². The van der Waals surface area contributed by atoms with Crippen LogP contribution in [-0.2, 0) is 0 Å². The first-order valence-electron chi connectivity index (χ1n) is 5.72. The zero-order chi connectivity index (χ0) is 10.3. The molecule has 0 amide bonds. The van der Waals surface area contributed by atoms with E-state index in [1.165, 1.54) is 43.6 Å². The van der Waals surface area contributed by atoms with Gasteiger partial charge in [0.25, 0.3) is 0 Å². The summed E-state index contributed by atoms with van der Waals surface area (Å²) in [6, 6.07) is 0. The number of halogens is 1. The zero-order valence-electron chi connectivity index (χ0n) is 9.15. The first-order chi connectivity index (χ1) is 6.83. The van der Waals surface area contributed by atoms with Gasteiger partial charge in [0.2, 0.25) is 0 Å². The van der Waals surface area contributed by atoms with Crippen LogP contribution in [0.15, 0.2) is 0 Å². The third-order valence-electron chi connectivity index (χ3n) is 3.02. The van der Waals surface area contributed by atoms with Gasteiger partial charge in [0, 0.05) is 23.7 Å². The third-order valence-corrected chi connectivity index (χ3v) is 4.43. The highest BCUT2D eigenvalue weighted by atomic mass is 35.5. The molecule has 0 aromatic carbocycles. The van der Waals surface area contributed by atoms with E-state index >= 15 is 0 Å². The van der Waals surface area contributed by atoms with Crippen LogP contribution >= 0.6 is 23.4 Å². The van der Waals surface area contributed by atoms with Gasteiger partial charge in [-0.1, -0.05) is 26.2 Å². The van der Waals surface area contributed by atoms with E-state index in [1.807, 2.05) is 11.8 Å². The average molecular weight is 236 g/mol. The van der Waals surface area contributed by atoms with E-state index in [9.17, 15) is 0 Å². The van der Waals surface area contributed by atoms with Crippen LogP contribution in [0.2, 0.25) is 0 Å². The van der Waals surface area contributed by atoms with Crippen LogP contribution in [0.1, 0.15) is 39.0 Å². The molecule has 1 aliphatic rings. The lowest BCUT2D eigenvalue weighted by molar-refractivity contribution is 0.264. The lowest BCUT2D eigenvalue weighted by atomic mass is 9.83. The largest absolute Gasteiger partial charge is 0.309 e. The van der Waals surface area contributed by atoms with Crippen molar-refractivity contribution in [1.82, 2.24) is 5.32 Å². The van der Waals surface area contributed by atoms with Crippen molar-refractivity contribution in [1.29, 1.82) is 0 Å². The Morgan fingerprint density at radius 3 is 2.57 bits per heavy atom. The molecular weight excluding hydrogens is 214 g/mol. The Labute approximate surface area is 97.4 Å². The van der Waals surface area contributed by atoms with Gasteiger partial charge in [-0.2, -0.15) is 11.8 Å². The number of hydrogen-bond acceptors (Lipinski definition) is 2. The topological polar surface area (TPSA) is 12.0 Å². The minimum absolute atomic E-state index is 0.272. The smallest absolute Gasteiger partial charge is 0.0406 e. The van der Waals surface area contributed by atoms with Crippen molar-refractivity contribution in [3.8, 4) is 0 Å². The Hall–Kier alpha value is 0.600. The Morgan fingerprint density at radius 2 is 2.00 bits per heavy atom. The van der Waals surface area contributed by atoms with Gasteiger partial charge < -0.3 is 5.32 Å². The maximum Gasteiger partial charge on any atom is 0.0406 e. The molecule has 0 heterocycles. The summed E-state index contributed by atoms with van der Waals surface area (Å²) in [5, 5.41) is 3.67. The molecule has 0 spiro atoms. The number of nitrogens with one attached hydrogen (secondary N) is 1. The van der Waals surface area contributed by atoms with Gasteiger partial charge in [0.1, 0.15) is 0 Å². The second-order valence-corrected chi connectivity index (χ2v) is 5.76. The van der Waals surface area contributed by atoms with Crippen LogP contribution in [0.4, 0.5) is 0 Å². The molecule has 0 saturated heterocycles. The third kappa shape index (κ3) is 4.00. The summed E-state index contributed by atoms with van der Waals surface area (Å²) in [5.74, 6) is 3.22. The van der Waals surface area contributed by atoms with Gasteiger partial charge in [-0.3, -0.25) is 0 Å². The predicted molar refractivity (Wildman–Crippen MR) is 67.5 cm³/mol. The summed E-state index contributed by atoms with van der Waals surface area (Å²) in [4.78, 5) is 0. The van der Waals surface area contributed by atoms with Crippen molar-refractivity contribution in [2.45, 2.75) is 44.6 Å². The standard InChI is InChI=1S/C11H22ClNS/c1-2-14-9-8-13-11(10-12)6-4-3-5-7-11/h13H,2-10H2,1H3. The number of hydrogen-bond donors (Lipinski definition) is 1. The van der Waals surface area contributed by atoms with Crippen LogP contribution in [-0.4, -0.2) is 29.5 Å². The number of rotatable bonds is 6. The van der Waals surface area contributed by atoms with Crippen molar-refractivity contribution in [2.75, 3.05) is 23.9 Å². The molecule has 0 unspecified atom stereocenters. The molecular formula is C11H22ClNS. The predicted octanol–water partition coefficient (Wildman–Crippen LogP) is 3.27. The van der Waals surface area contributed by atoms with E-state index in [0.717, 1.165) is 12.4 Å². The summed E-state index contributed by atoms with van der Waals surface area (Å²) >= 11 is 8.08. The van der Waals surface area contributed by atoms with Gasteiger partial charge in [0.15, 0.2) is 0 Å². The quantitative estimate of drug-likeness (QED) is 0.560. The summed E-state index contributed by atoms with van der Waals surface area (Å²) in [5.41, 5.74) is 0.272. The van der Waals surface area contributed by atoms with Crippen molar-refractivity contribution in [3.63, 3.8) is 0 Å². The minimum Gasteiger partial charge on any atom is -0.309 e. The van der Waals surface area contributed by atoms with Crippen molar-refractivity contribution in [2.24, 2.45) is 0 Å². The SMILES string of the molecule is CCSCCNC1(CCl)CCCCC1. The molecule has 3 heteroatoms. The molecule has 1 N–H and O–H groups in total. The summed E-state index contributed by atoms with van der Waals surface area (Å²) < 4.78 is 0. The number of alkyl halides is 1. The van der Waals surface area contributed by atoms with E-state index < -0.39 is 0 Å². The van der Waals surface area contributed by atoms with E-state index in [1.54, 1.807) is 0 Å². The van der Waals surface area contributed by atoms with Crippen LogP contribution in [0.5, 0.6) is 0 Å². The van der Waals surface area contributed by atoms with E-state index in [4.69, 9.17) is 11.6 Å². The lowest BCUT2D eigenvalue weighted by Crippen LogP contribution is -2.49. The van der Waals surface area contributed by atoms with Gasteiger partial charge in [-0.15, -0.1) is 11.6 Å². The normalized spacial score (nSPS) is 21.0. The van der Waals surface area contributed by atoms with Crippen LogP contribution in [0.3, 0.4) is 0 Å². The molecule has 0 aliphatic heterocycles. The highest BCUT2D eigenvalue weighted by molar-refractivity contribution is 7.99. The van der Waals surface area contributed by atoms with Gasteiger partial charge in [-0.05, 0) is 18.6 Å². The molecule has 84 valence electrons. The monoisotopic (exact) mass is 235 g/mol. The Bertz CT molecular complexity index is 146. The van der Waals surface area contributed by atoms with E-state index in [2.05, 4.69) is 12.2 Å². The average Bonchev–Trinajstić information content (AvgIpc) is 2.26. The molecule has 1 saturated carbocycles. The zero-order valence-corrected chi connectivity index (χ0v) is 10.7. The van der Waals surface area contributed by atoms with Crippen molar-refractivity contribution < 1.29 is 0 Å². The lowest BCUT2D eigenvalue weighted by Gasteiger charge is -2.36. The van der Waals surface area contributed by atoms with Crippen molar-refractivity contribution >= 4 is 23.4 Å². The van der Waals surface area contributed by atoms with Crippen LogP contribution in [0.25, 0.3) is 0 Å². The van der Waals surface area contributed by atoms with Crippen LogP contribution < -0.4 is 5.32 Å². The second-order valence-electron chi connectivity index (χ2n) is 4.10. The molecule has 1 fully saturated rings. The molecule has 0 bridgehead atoms. The molecule has 0 atom stereocenters. The van der Waals surface area contributed by atoms with Gasteiger partial charge in [-0.25, -0.2) is 0 Å². The first-order valence-corrected chi connectivity index (χ1v) is 7.41. The van der Waals surface area contributed by atoms with Gasteiger partial charge in [0.05, 0.1) is 0 Å². The Balaban J connectivity index is 2.22. The molecule has 1 nitrogen and oxygen atoms in total. The highest BCUT2D eigenvalue weighted by Gasteiger charge is 2.29. The summed E-state index contributed by atoms with van der Waals surface area (Å²) in [6.45, 7) is 3.33. The summed E-state index contributed by atoms with van der Waals surface area (Å²) in [6.07, 6.45) is 6.63. The summed E-state index contributed by atoms with van der Waals surface area (Å²) in [7, 11) is 0. The Morgan fingerprint density at radius 1 is 1.29 bits per heavy atom. The van der Waals surface area contributed by atoms with Crippen molar-refractivity contribution in [3.05, 3.63) is 0 Å². The van der Waals surface area contributed by atoms with E-state index in [0.29, 0.717) is 0 Å². The molecule has 14 heavy (non-hydrogen) atoms. The molecule has 0 aromatic rings. The first kappa shape index (κ1) is 12.7. The fraction of sp³-hybridized carbons (Fsp3) is 1.00. The molecule has 1 rings (SSSR count). The molecule has 0 aromatic heterocycles. The molecule has 0 radical (unpaired) electrons. The van der Waals surface area contributed by atoms with Crippen LogP contribution in [0, 0.1) is 0 Å². The fourth-order valence-electron chi connectivity index (χ4n) is 2.12. The second kappa shape index (κ2) is 6.97. The number of thioether (sulfide) groups is 1. The Kier molecular flexibility index (Phi) is 6.31.